The van der Waals surface area contributed by atoms with Crippen LogP contribution in [0.15, 0.2) is 0 Å². The molecule has 54 valence electrons. The summed E-state index contributed by atoms with van der Waals surface area (Å²) in [7, 11) is 0. The second-order valence-corrected chi connectivity index (χ2v) is 5.68. The maximum absolute atomic E-state index is 3.59. The molecular formula is C7H13BrS. The van der Waals surface area contributed by atoms with Crippen LogP contribution in [-0.4, -0.2) is 15.8 Å². The van der Waals surface area contributed by atoms with Gasteiger partial charge in [0.2, 0.25) is 0 Å². The Bertz CT molecular complexity index is 92.9. The third-order valence-electron chi connectivity index (χ3n) is 1.48. The van der Waals surface area contributed by atoms with E-state index in [1.54, 1.807) is 0 Å². The number of thioether (sulfide) groups is 1. The van der Waals surface area contributed by atoms with E-state index in [0.29, 0.717) is 0 Å². The van der Waals surface area contributed by atoms with Crippen molar-refractivity contribution in [2.75, 3.05) is 5.75 Å². The summed E-state index contributed by atoms with van der Waals surface area (Å²) in [6.45, 7) is 4.52. The van der Waals surface area contributed by atoms with Crippen LogP contribution in [-0.2, 0) is 0 Å². The summed E-state index contributed by atoms with van der Waals surface area (Å²) in [6, 6.07) is 0. The fourth-order valence-electron chi connectivity index (χ4n) is 0.699. The number of rotatable bonds is 3. The van der Waals surface area contributed by atoms with Crippen LogP contribution in [0.5, 0.6) is 0 Å². The van der Waals surface area contributed by atoms with E-state index in [2.05, 4.69) is 41.5 Å². The van der Waals surface area contributed by atoms with Gasteiger partial charge in [-0.25, -0.2) is 0 Å². The Hall–Kier alpha value is 0.830. The molecular weight excluding hydrogens is 196 g/mol. The predicted octanol–water partition coefficient (Wildman–Crippen LogP) is 2.91. The largest absolute Gasteiger partial charge is 0.159 e. The number of alkyl halides is 1. The van der Waals surface area contributed by atoms with Crippen molar-refractivity contribution in [1.82, 2.24) is 0 Å². The average Bonchev–Trinajstić information content (AvgIpc) is 2.42. The van der Waals surface area contributed by atoms with Crippen molar-refractivity contribution in [3.8, 4) is 0 Å². The van der Waals surface area contributed by atoms with Crippen LogP contribution < -0.4 is 0 Å². The molecule has 0 N–H and O–H groups in total. The molecule has 2 atom stereocenters. The molecule has 0 heterocycles. The van der Waals surface area contributed by atoms with Crippen molar-refractivity contribution in [2.24, 2.45) is 5.92 Å². The van der Waals surface area contributed by atoms with Gasteiger partial charge in [0.15, 0.2) is 0 Å². The lowest BCUT2D eigenvalue weighted by Gasteiger charge is -2.01. The number of halogens is 1. The third-order valence-corrected chi connectivity index (χ3v) is 3.89. The van der Waals surface area contributed by atoms with E-state index in [-0.39, 0.29) is 0 Å². The second kappa shape index (κ2) is 3.29. The summed E-state index contributed by atoms with van der Waals surface area (Å²) in [6.07, 6.45) is 1.40. The zero-order valence-electron chi connectivity index (χ0n) is 5.93. The molecule has 1 rings (SSSR count). The molecule has 1 saturated carbocycles. The van der Waals surface area contributed by atoms with Gasteiger partial charge in [0, 0.05) is 4.83 Å². The Labute approximate surface area is 69.9 Å². The minimum Gasteiger partial charge on any atom is -0.159 e. The van der Waals surface area contributed by atoms with Crippen LogP contribution in [0.25, 0.3) is 0 Å². The molecule has 0 aromatic rings. The SMILES string of the molecule is CC(C)SCC1CC1Br. The summed E-state index contributed by atoms with van der Waals surface area (Å²) in [5, 5.41) is 0.810. The molecule has 1 aliphatic rings. The first-order valence-corrected chi connectivity index (χ1v) is 5.42. The Morgan fingerprint density at radius 3 is 2.56 bits per heavy atom. The molecule has 1 fully saturated rings. The van der Waals surface area contributed by atoms with E-state index in [0.717, 1.165) is 16.0 Å². The number of hydrogen-bond acceptors (Lipinski definition) is 1. The second-order valence-electron chi connectivity index (χ2n) is 2.89. The predicted molar refractivity (Wildman–Crippen MR) is 48.4 cm³/mol. The molecule has 0 spiro atoms. The van der Waals surface area contributed by atoms with Crippen molar-refractivity contribution < 1.29 is 0 Å². The van der Waals surface area contributed by atoms with Gasteiger partial charge in [-0.1, -0.05) is 29.8 Å². The lowest BCUT2D eigenvalue weighted by Crippen LogP contribution is -1.92. The highest BCUT2D eigenvalue weighted by Crippen LogP contribution is 2.40. The fraction of sp³-hybridized carbons (Fsp3) is 1.00. The molecule has 0 aliphatic heterocycles. The highest BCUT2D eigenvalue weighted by molar-refractivity contribution is 9.09. The number of hydrogen-bond donors (Lipinski definition) is 0. The minimum atomic E-state index is 0.810. The molecule has 2 heteroatoms. The fourth-order valence-corrected chi connectivity index (χ4v) is 2.61. The van der Waals surface area contributed by atoms with Gasteiger partial charge in [0.25, 0.3) is 0 Å². The molecule has 0 saturated heterocycles. The van der Waals surface area contributed by atoms with Crippen LogP contribution in [0, 0.1) is 5.92 Å². The van der Waals surface area contributed by atoms with Gasteiger partial charge in [-0.05, 0) is 23.3 Å². The normalized spacial score (nSPS) is 33.3. The molecule has 0 aromatic heterocycles. The summed E-state index contributed by atoms with van der Waals surface area (Å²) < 4.78 is 0. The quantitative estimate of drug-likeness (QED) is 0.644. The van der Waals surface area contributed by atoms with Crippen LogP contribution in [0.2, 0.25) is 0 Å². The summed E-state index contributed by atoms with van der Waals surface area (Å²) >= 11 is 5.66. The molecule has 9 heavy (non-hydrogen) atoms. The average molecular weight is 209 g/mol. The van der Waals surface area contributed by atoms with Crippen LogP contribution >= 0.6 is 27.7 Å². The summed E-state index contributed by atoms with van der Waals surface area (Å²) in [4.78, 5) is 0.851. The lowest BCUT2D eigenvalue weighted by atomic mass is 10.5. The molecule has 0 amide bonds. The highest BCUT2D eigenvalue weighted by Gasteiger charge is 2.33. The summed E-state index contributed by atoms with van der Waals surface area (Å²) in [5.74, 6) is 2.34. The molecule has 0 radical (unpaired) electrons. The topological polar surface area (TPSA) is 0 Å². The molecule has 0 aromatic carbocycles. The van der Waals surface area contributed by atoms with E-state index in [1.165, 1.54) is 12.2 Å². The van der Waals surface area contributed by atoms with Crippen molar-refractivity contribution in [1.29, 1.82) is 0 Å². The van der Waals surface area contributed by atoms with Crippen molar-refractivity contribution in [2.45, 2.75) is 30.3 Å². The standard InChI is InChI=1S/C7H13BrS/c1-5(2)9-4-6-3-7(6)8/h5-7H,3-4H2,1-2H3. The first-order valence-electron chi connectivity index (χ1n) is 3.46. The monoisotopic (exact) mass is 208 g/mol. The molecule has 2 unspecified atom stereocenters. The maximum Gasteiger partial charge on any atom is 0.0185 e. The van der Waals surface area contributed by atoms with E-state index in [1.807, 2.05) is 0 Å². The van der Waals surface area contributed by atoms with Gasteiger partial charge in [-0.15, -0.1) is 0 Å². The van der Waals surface area contributed by atoms with Gasteiger partial charge in [-0.3, -0.25) is 0 Å². The molecule has 0 nitrogen and oxygen atoms in total. The van der Waals surface area contributed by atoms with Crippen LogP contribution in [0.1, 0.15) is 20.3 Å². The minimum absolute atomic E-state index is 0.810. The first-order chi connectivity index (χ1) is 4.20. The highest BCUT2D eigenvalue weighted by atomic mass is 79.9. The molecule has 1 aliphatic carbocycles. The van der Waals surface area contributed by atoms with E-state index in [9.17, 15) is 0 Å². The van der Waals surface area contributed by atoms with Crippen molar-refractivity contribution >= 4 is 27.7 Å². The van der Waals surface area contributed by atoms with Gasteiger partial charge in [0.05, 0.1) is 0 Å². The van der Waals surface area contributed by atoms with Crippen LogP contribution in [0.3, 0.4) is 0 Å². The lowest BCUT2D eigenvalue weighted by molar-refractivity contribution is 0.994. The van der Waals surface area contributed by atoms with Crippen LogP contribution in [0.4, 0.5) is 0 Å². The van der Waals surface area contributed by atoms with E-state index < -0.39 is 0 Å². The van der Waals surface area contributed by atoms with E-state index in [4.69, 9.17) is 0 Å². The van der Waals surface area contributed by atoms with Gasteiger partial charge < -0.3 is 0 Å². The maximum atomic E-state index is 3.59. The zero-order valence-corrected chi connectivity index (χ0v) is 8.33. The Kier molecular flexibility index (Phi) is 2.90. The third kappa shape index (κ3) is 2.94. The first kappa shape index (κ1) is 7.93. The van der Waals surface area contributed by atoms with Gasteiger partial charge >= 0.3 is 0 Å². The smallest absolute Gasteiger partial charge is 0.0185 e. The van der Waals surface area contributed by atoms with Crippen molar-refractivity contribution in [3.05, 3.63) is 0 Å². The zero-order chi connectivity index (χ0) is 6.85. The van der Waals surface area contributed by atoms with Gasteiger partial charge in [0.1, 0.15) is 0 Å². The van der Waals surface area contributed by atoms with Gasteiger partial charge in [-0.2, -0.15) is 11.8 Å². The van der Waals surface area contributed by atoms with Crippen molar-refractivity contribution in [3.63, 3.8) is 0 Å². The Balaban J connectivity index is 1.94. The van der Waals surface area contributed by atoms with E-state index >= 15 is 0 Å². The molecule has 0 bridgehead atoms. The Morgan fingerprint density at radius 2 is 2.22 bits per heavy atom. The Morgan fingerprint density at radius 1 is 1.67 bits per heavy atom. The summed E-state index contributed by atoms with van der Waals surface area (Å²) in [5.41, 5.74) is 0.